The van der Waals surface area contributed by atoms with Crippen molar-refractivity contribution >= 4 is 5.78 Å². The van der Waals surface area contributed by atoms with Crippen molar-refractivity contribution in [2.45, 2.75) is 46.1 Å². The van der Waals surface area contributed by atoms with E-state index in [1.165, 1.54) is 16.7 Å². The molecule has 0 spiro atoms. The van der Waals surface area contributed by atoms with Crippen LogP contribution in [0.15, 0.2) is 12.1 Å². The third kappa shape index (κ3) is 1.97. The number of rotatable bonds is 3. The van der Waals surface area contributed by atoms with Crippen molar-refractivity contribution in [3.05, 3.63) is 28.8 Å². The highest BCUT2D eigenvalue weighted by atomic mass is 16.5. The summed E-state index contributed by atoms with van der Waals surface area (Å²) in [6.45, 7) is 6.19. The number of aryl methyl sites for hydroxylation is 2. The summed E-state index contributed by atoms with van der Waals surface area (Å²) in [5, 5.41) is 0. The van der Waals surface area contributed by atoms with E-state index in [1.807, 2.05) is 13.0 Å². The molecule has 1 aromatic carbocycles. The van der Waals surface area contributed by atoms with Gasteiger partial charge in [-0.2, -0.15) is 0 Å². The molecule has 16 heavy (non-hydrogen) atoms. The van der Waals surface area contributed by atoms with E-state index in [2.05, 4.69) is 19.9 Å². The number of fused-ring (bicyclic) bond motifs is 1. The lowest BCUT2D eigenvalue weighted by Gasteiger charge is -2.08. The van der Waals surface area contributed by atoms with E-state index in [1.54, 1.807) is 0 Å². The van der Waals surface area contributed by atoms with Gasteiger partial charge in [-0.3, -0.25) is 4.79 Å². The van der Waals surface area contributed by atoms with Crippen molar-refractivity contribution in [1.82, 2.24) is 0 Å². The summed E-state index contributed by atoms with van der Waals surface area (Å²) in [5.74, 6) is 1.13. The first-order chi connectivity index (χ1) is 7.61. The van der Waals surface area contributed by atoms with Gasteiger partial charge in [0.2, 0.25) is 0 Å². The fourth-order valence-electron chi connectivity index (χ4n) is 2.10. The first-order valence-electron chi connectivity index (χ1n) is 5.91. The summed E-state index contributed by atoms with van der Waals surface area (Å²) in [5.41, 5.74) is 3.67. The predicted molar refractivity (Wildman–Crippen MR) is 64.0 cm³/mol. The molecule has 86 valence electrons. The summed E-state index contributed by atoms with van der Waals surface area (Å²) in [4.78, 5) is 11.8. The van der Waals surface area contributed by atoms with Crippen LogP contribution in [0.3, 0.4) is 0 Å². The average Bonchev–Trinajstić information content (AvgIpc) is 2.62. The van der Waals surface area contributed by atoms with E-state index in [9.17, 15) is 4.79 Å². The van der Waals surface area contributed by atoms with Crippen molar-refractivity contribution in [3.8, 4) is 5.75 Å². The Morgan fingerprint density at radius 1 is 1.38 bits per heavy atom. The Labute approximate surface area is 96.6 Å². The Bertz CT molecular complexity index is 390. The predicted octanol–water partition coefficient (Wildman–Crippen LogP) is 2.98. The molecule has 0 saturated carbocycles. The minimum absolute atomic E-state index is 0.231. The van der Waals surface area contributed by atoms with Crippen LogP contribution in [0, 0.1) is 13.8 Å². The lowest BCUT2D eigenvalue weighted by molar-refractivity contribution is -0.125. The highest BCUT2D eigenvalue weighted by molar-refractivity contribution is 5.84. The monoisotopic (exact) mass is 218 g/mol. The van der Waals surface area contributed by atoms with Crippen molar-refractivity contribution in [3.63, 3.8) is 0 Å². The molecule has 0 bridgehead atoms. The lowest BCUT2D eigenvalue weighted by atomic mass is 10.0. The summed E-state index contributed by atoms with van der Waals surface area (Å²) in [6, 6.07) is 4.19. The van der Waals surface area contributed by atoms with Gasteiger partial charge in [0.25, 0.3) is 0 Å². The van der Waals surface area contributed by atoms with Gasteiger partial charge in [0, 0.05) is 12.8 Å². The van der Waals surface area contributed by atoms with Gasteiger partial charge >= 0.3 is 0 Å². The molecule has 0 N–H and O–H groups in total. The van der Waals surface area contributed by atoms with E-state index in [-0.39, 0.29) is 11.9 Å². The molecule has 1 heterocycles. The van der Waals surface area contributed by atoms with Crippen molar-refractivity contribution in [1.29, 1.82) is 0 Å². The Hall–Kier alpha value is -1.31. The number of Topliss-reactive ketones (excluding diaryl/α,β-unsaturated/α-hetero) is 1. The standard InChI is InChI=1S/C14H18O2/c1-4-5-12(15)14-8-11-6-9(2)10(3)7-13(11)16-14/h6-7,14H,4-5,8H2,1-3H3. The molecule has 1 aliphatic rings. The molecule has 1 unspecified atom stereocenters. The topological polar surface area (TPSA) is 26.3 Å². The number of ether oxygens (including phenoxy) is 1. The molecule has 2 heteroatoms. The van der Waals surface area contributed by atoms with E-state index in [0.717, 1.165) is 18.6 Å². The molecule has 0 radical (unpaired) electrons. The molecule has 1 atom stereocenters. The van der Waals surface area contributed by atoms with Crippen LogP contribution < -0.4 is 4.74 Å². The van der Waals surface area contributed by atoms with E-state index >= 15 is 0 Å². The number of carbonyl (C=O) groups is 1. The largest absolute Gasteiger partial charge is 0.482 e. The van der Waals surface area contributed by atoms with Gasteiger partial charge in [-0.05, 0) is 43.0 Å². The number of hydrogen-bond donors (Lipinski definition) is 0. The fourth-order valence-corrected chi connectivity index (χ4v) is 2.10. The maximum absolute atomic E-state index is 11.8. The molecule has 2 rings (SSSR count). The van der Waals surface area contributed by atoms with Gasteiger partial charge in [-0.1, -0.05) is 13.0 Å². The van der Waals surface area contributed by atoms with Crippen LogP contribution >= 0.6 is 0 Å². The van der Waals surface area contributed by atoms with Crippen molar-refractivity contribution < 1.29 is 9.53 Å². The highest BCUT2D eigenvalue weighted by Crippen LogP contribution is 2.32. The van der Waals surface area contributed by atoms with Gasteiger partial charge in [0.1, 0.15) is 5.75 Å². The first kappa shape index (κ1) is 11.2. The van der Waals surface area contributed by atoms with Crippen LogP contribution in [0.25, 0.3) is 0 Å². The highest BCUT2D eigenvalue weighted by Gasteiger charge is 2.28. The minimum atomic E-state index is -0.240. The van der Waals surface area contributed by atoms with Gasteiger partial charge in [0.15, 0.2) is 11.9 Å². The lowest BCUT2D eigenvalue weighted by Crippen LogP contribution is -2.24. The summed E-state index contributed by atoms with van der Waals surface area (Å²) in [7, 11) is 0. The smallest absolute Gasteiger partial charge is 0.173 e. The maximum Gasteiger partial charge on any atom is 0.173 e. The van der Waals surface area contributed by atoms with Crippen LogP contribution in [0.4, 0.5) is 0 Å². The molecule has 0 saturated heterocycles. The molecule has 1 aromatic rings. The van der Waals surface area contributed by atoms with Crippen LogP contribution in [0.2, 0.25) is 0 Å². The SMILES string of the molecule is CCCC(=O)C1Cc2cc(C)c(C)cc2O1. The van der Waals surface area contributed by atoms with E-state index < -0.39 is 0 Å². The molecular weight excluding hydrogens is 200 g/mol. The Morgan fingerprint density at radius 2 is 2.06 bits per heavy atom. The van der Waals surface area contributed by atoms with Crippen LogP contribution in [-0.2, 0) is 11.2 Å². The van der Waals surface area contributed by atoms with Gasteiger partial charge < -0.3 is 4.74 Å². The van der Waals surface area contributed by atoms with E-state index in [0.29, 0.717) is 6.42 Å². The van der Waals surface area contributed by atoms with Gasteiger partial charge in [-0.15, -0.1) is 0 Å². The number of ketones is 1. The molecule has 0 aliphatic carbocycles. The Kier molecular flexibility index (Phi) is 2.99. The third-order valence-electron chi connectivity index (χ3n) is 3.21. The van der Waals surface area contributed by atoms with Gasteiger partial charge in [0.05, 0.1) is 0 Å². The zero-order chi connectivity index (χ0) is 11.7. The number of hydrogen-bond acceptors (Lipinski definition) is 2. The van der Waals surface area contributed by atoms with Crippen molar-refractivity contribution in [2.75, 3.05) is 0 Å². The van der Waals surface area contributed by atoms with Crippen molar-refractivity contribution in [2.24, 2.45) is 0 Å². The summed E-state index contributed by atoms with van der Waals surface area (Å²) in [6.07, 6.45) is 2.02. The van der Waals surface area contributed by atoms with Crippen LogP contribution in [-0.4, -0.2) is 11.9 Å². The Morgan fingerprint density at radius 3 is 2.75 bits per heavy atom. The minimum Gasteiger partial charge on any atom is -0.482 e. The molecular formula is C14H18O2. The van der Waals surface area contributed by atoms with Crippen LogP contribution in [0.1, 0.15) is 36.5 Å². The fraction of sp³-hybridized carbons (Fsp3) is 0.500. The molecule has 1 aliphatic heterocycles. The summed E-state index contributed by atoms with van der Waals surface area (Å²) < 4.78 is 5.71. The van der Waals surface area contributed by atoms with E-state index in [4.69, 9.17) is 4.74 Å². The zero-order valence-electron chi connectivity index (χ0n) is 10.2. The average molecular weight is 218 g/mol. The normalized spacial score (nSPS) is 18.1. The number of carbonyl (C=O) groups excluding carboxylic acids is 1. The molecule has 0 amide bonds. The maximum atomic E-state index is 11.8. The second-order valence-corrected chi connectivity index (χ2v) is 4.57. The second kappa shape index (κ2) is 4.28. The quantitative estimate of drug-likeness (QED) is 0.779. The van der Waals surface area contributed by atoms with Crippen LogP contribution in [0.5, 0.6) is 5.75 Å². The zero-order valence-corrected chi connectivity index (χ0v) is 10.2. The summed E-state index contributed by atoms with van der Waals surface area (Å²) >= 11 is 0. The first-order valence-corrected chi connectivity index (χ1v) is 5.91. The third-order valence-corrected chi connectivity index (χ3v) is 3.21. The molecule has 0 fully saturated rings. The van der Waals surface area contributed by atoms with Gasteiger partial charge in [-0.25, -0.2) is 0 Å². The second-order valence-electron chi connectivity index (χ2n) is 4.57. The Balaban J connectivity index is 2.18. The molecule has 2 nitrogen and oxygen atoms in total. The number of benzene rings is 1. The molecule has 0 aromatic heterocycles.